The van der Waals surface area contributed by atoms with Crippen molar-refractivity contribution in [2.24, 2.45) is 0 Å². The summed E-state index contributed by atoms with van der Waals surface area (Å²) in [4.78, 5) is 23.7. The van der Waals surface area contributed by atoms with Gasteiger partial charge in [0.25, 0.3) is 0 Å². The van der Waals surface area contributed by atoms with Crippen LogP contribution in [-0.4, -0.2) is 45.4 Å². The lowest BCUT2D eigenvalue weighted by Gasteiger charge is -2.16. The quantitative estimate of drug-likeness (QED) is 0.811. The van der Waals surface area contributed by atoms with Crippen LogP contribution in [0.1, 0.15) is 17.5 Å². The van der Waals surface area contributed by atoms with Gasteiger partial charge in [-0.3, -0.25) is 9.48 Å². The summed E-state index contributed by atoms with van der Waals surface area (Å²) in [5.74, 6) is -0.924. The van der Waals surface area contributed by atoms with Crippen molar-refractivity contribution < 1.29 is 14.7 Å². The molecular weight excluding hydrogens is 296 g/mol. The summed E-state index contributed by atoms with van der Waals surface area (Å²) in [7, 11) is 1.57. The van der Waals surface area contributed by atoms with Gasteiger partial charge in [0.1, 0.15) is 0 Å². The zero-order chi connectivity index (χ0) is 16.7. The van der Waals surface area contributed by atoms with Gasteiger partial charge in [0.05, 0.1) is 19.2 Å². The highest BCUT2D eigenvalue weighted by Gasteiger charge is 2.10. The Balaban J connectivity index is 1.80. The van der Waals surface area contributed by atoms with E-state index in [-0.39, 0.29) is 19.0 Å². The molecule has 0 bridgehead atoms. The Morgan fingerprint density at radius 2 is 2.00 bits per heavy atom. The third-order valence-electron chi connectivity index (χ3n) is 3.33. The van der Waals surface area contributed by atoms with Crippen LogP contribution in [0, 0.1) is 0 Å². The summed E-state index contributed by atoms with van der Waals surface area (Å²) in [5, 5.41) is 15.6. The molecule has 23 heavy (non-hydrogen) atoms. The molecule has 0 saturated heterocycles. The molecule has 7 heteroatoms. The van der Waals surface area contributed by atoms with Gasteiger partial charge in [-0.15, -0.1) is 0 Å². The third kappa shape index (κ3) is 5.46. The molecule has 122 valence electrons. The fourth-order valence-electron chi connectivity index (χ4n) is 2.03. The van der Waals surface area contributed by atoms with Crippen LogP contribution in [0.2, 0.25) is 0 Å². The molecule has 2 amide bonds. The van der Waals surface area contributed by atoms with E-state index in [0.29, 0.717) is 13.1 Å². The number of hydrogen-bond donors (Lipinski definition) is 2. The van der Waals surface area contributed by atoms with Crippen LogP contribution in [-0.2, 0) is 17.9 Å². The molecule has 0 aliphatic carbocycles. The van der Waals surface area contributed by atoms with Crippen molar-refractivity contribution >= 4 is 12.0 Å². The molecule has 0 radical (unpaired) electrons. The van der Waals surface area contributed by atoms with Gasteiger partial charge in [-0.05, 0) is 5.56 Å². The summed E-state index contributed by atoms with van der Waals surface area (Å²) >= 11 is 0. The largest absolute Gasteiger partial charge is 0.481 e. The van der Waals surface area contributed by atoms with Crippen LogP contribution >= 0.6 is 0 Å². The Kier molecular flexibility index (Phi) is 5.74. The molecule has 1 aromatic carbocycles. The van der Waals surface area contributed by atoms with Crippen LogP contribution in [0.4, 0.5) is 4.79 Å². The van der Waals surface area contributed by atoms with Gasteiger partial charge in [-0.2, -0.15) is 5.10 Å². The Hall–Kier alpha value is -2.83. The maximum Gasteiger partial charge on any atom is 0.317 e. The smallest absolute Gasteiger partial charge is 0.317 e. The lowest BCUT2D eigenvalue weighted by molar-refractivity contribution is -0.137. The van der Waals surface area contributed by atoms with Crippen molar-refractivity contribution in [1.82, 2.24) is 20.0 Å². The number of amides is 2. The molecule has 0 unspecified atom stereocenters. The number of aromatic nitrogens is 2. The number of urea groups is 1. The number of carbonyl (C=O) groups excluding carboxylic acids is 1. The molecule has 1 heterocycles. The van der Waals surface area contributed by atoms with E-state index in [1.165, 1.54) is 4.90 Å². The average Bonchev–Trinajstić information content (AvgIpc) is 2.98. The second kappa shape index (κ2) is 7.98. The summed E-state index contributed by atoms with van der Waals surface area (Å²) < 4.78 is 1.81. The van der Waals surface area contributed by atoms with Gasteiger partial charge in [0.15, 0.2) is 0 Å². The van der Waals surface area contributed by atoms with E-state index in [1.807, 2.05) is 41.2 Å². The van der Waals surface area contributed by atoms with E-state index < -0.39 is 5.97 Å². The monoisotopic (exact) mass is 316 g/mol. The van der Waals surface area contributed by atoms with E-state index in [9.17, 15) is 9.59 Å². The minimum absolute atomic E-state index is 0.0705. The van der Waals surface area contributed by atoms with E-state index in [2.05, 4.69) is 10.4 Å². The first kappa shape index (κ1) is 16.5. The summed E-state index contributed by atoms with van der Waals surface area (Å²) in [6.07, 6.45) is 3.52. The molecule has 1 aromatic heterocycles. The number of carbonyl (C=O) groups is 2. The second-order valence-corrected chi connectivity index (χ2v) is 5.26. The second-order valence-electron chi connectivity index (χ2n) is 5.26. The Morgan fingerprint density at radius 3 is 2.70 bits per heavy atom. The number of rotatable bonds is 7. The number of aliphatic carboxylic acids is 1. The predicted molar refractivity (Wildman–Crippen MR) is 84.9 cm³/mol. The first-order valence-electron chi connectivity index (χ1n) is 7.30. The van der Waals surface area contributed by atoms with Crippen LogP contribution < -0.4 is 5.32 Å². The van der Waals surface area contributed by atoms with Gasteiger partial charge in [0.2, 0.25) is 0 Å². The molecule has 2 aromatic rings. The number of hydrogen-bond acceptors (Lipinski definition) is 3. The molecule has 0 fully saturated rings. The van der Waals surface area contributed by atoms with Crippen LogP contribution in [0.5, 0.6) is 0 Å². The maximum absolute atomic E-state index is 11.8. The minimum atomic E-state index is -0.924. The summed E-state index contributed by atoms with van der Waals surface area (Å²) in [6, 6.07) is 9.68. The number of carboxylic acids is 1. The molecule has 0 saturated carbocycles. The Labute approximate surface area is 134 Å². The zero-order valence-corrected chi connectivity index (χ0v) is 13.0. The number of nitrogens with zero attached hydrogens (tertiary/aromatic N) is 3. The SMILES string of the molecule is CN(CCC(=O)O)C(=O)NCc1cnn(Cc2ccccc2)c1. The molecule has 7 nitrogen and oxygen atoms in total. The first-order valence-corrected chi connectivity index (χ1v) is 7.30. The van der Waals surface area contributed by atoms with E-state index >= 15 is 0 Å². The number of benzene rings is 1. The summed E-state index contributed by atoms with van der Waals surface area (Å²) in [5.41, 5.74) is 2.04. The molecule has 0 spiro atoms. The van der Waals surface area contributed by atoms with E-state index in [4.69, 9.17) is 5.11 Å². The molecule has 2 N–H and O–H groups in total. The maximum atomic E-state index is 11.8. The Morgan fingerprint density at radius 1 is 1.26 bits per heavy atom. The van der Waals surface area contributed by atoms with Crippen LogP contribution in [0.25, 0.3) is 0 Å². The fourth-order valence-corrected chi connectivity index (χ4v) is 2.03. The predicted octanol–water partition coefficient (Wildman–Crippen LogP) is 1.55. The fraction of sp³-hybridized carbons (Fsp3) is 0.312. The zero-order valence-electron chi connectivity index (χ0n) is 13.0. The molecule has 2 rings (SSSR count). The average molecular weight is 316 g/mol. The van der Waals surface area contributed by atoms with Gasteiger partial charge in [-0.1, -0.05) is 30.3 Å². The van der Waals surface area contributed by atoms with Crippen molar-refractivity contribution in [3.8, 4) is 0 Å². The van der Waals surface area contributed by atoms with Gasteiger partial charge >= 0.3 is 12.0 Å². The minimum Gasteiger partial charge on any atom is -0.481 e. The van der Waals surface area contributed by atoms with Crippen molar-refractivity contribution in [3.63, 3.8) is 0 Å². The van der Waals surface area contributed by atoms with E-state index in [0.717, 1.165) is 11.1 Å². The molecular formula is C16H20N4O3. The van der Waals surface area contributed by atoms with Crippen molar-refractivity contribution in [3.05, 3.63) is 53.9 Å². The highest BCUT2D eigenvalue weighted by Crippen LogP contribution is 2.04. The van der Waals surface area contributed by atoms with E-state index in [1.54, 1.807) is 13.2 Å². The highest BCUT2D eigenvalue weighted by molar-refractivity contribution is 5.74. The van der Waals surface area contributed by atoms with Crippen molar-refractivity contribution in [1.29, 1.82) is 0 Å². The normalized spacial score (nSPS) is 10.3. The number of nitrogens with one attached hydrogen (secondary N) is 1. The summed E-state index contributed by atoms with van der Waals surface area (Å²) in [6.45, 7) is 1.20. The van der Waals surface area contributed by atoms with Crippen molar-refractivity contribution in [2.45, 2.75) is 19.5 Å². The van der Waals surface area contributed by atoms with Gasteiger partial charge < -0.3 is 15.3 Å². The van der Waals surface area contributed by atoms with Crippen LogP contribution in [0.15, 0.2) is 42.7 Å². The molecule has 0 aliphatic rings. The van der Waals surface area contributed by atoms with Crippen LogP contribution in [0.3, 0.4) is 0 Å². The van der Waals surface area contributed by atoms with Crippen molar-refractivity contribution in [2.75, 3.05) is 13.6 Å². The lowest BCUT2D eigenvalue weighted by Crippen LogP contribution is -2.37. The number of carboxylic acid groups (broad SMARTS) is 1. The topological polar surface area (TPSA) is 87.5 Å². The molecule has 0 atom stereocenters. The standard InChI is InChI=1S/C16H20N4O3/c1-19(8-7-15(21)22)16(23)17-9-14-10-18-20(12-14)11-13-5-3-2-4-6-13/h2-6,10,12H,7-9,11H2,1H3,(H,17,23)(H,21,22). The highest BCUT2D eigenvalue weighted by atomic mass is 16.4. The Bertz CT molecular complexity index is 654. The lowest BCUT2D eigenvalue weighted by atomic mass is 10.2. The molecule has 0 aliphatic heterocycles. The van der Waals surface area contributed by atoms with Gasteiger partial charge in [0, 0.05) is 31.9 Å². The van der Waals surface area contributed by atoms with Gasteiger partial charge in [-0.25, -0.2) is 4.79 Å². The third-order valence-corrected chi connectivity index (χ3v) is 3.33. The first-order chi connectivity index (χ1) is 11.0.